The van der Waals surface area contributed by atoms with Crippen LogP contribution in [0.1, 0.15) is 31.4 Å². The minimum Gasteiger partial charge on any atom is -0.326 e. The fraction of sp³-hybridized carbons (Fsp3) is 0.200. The first-order valence-corrected chi connectivity index (χ1v) is 9.57. The van der Waals surface area contributed by atoms with Gasteiger partial charge in [0.1, 0.15) is 10.8 Å². The van der Waals surface area contributed by atoms with Crippen molar-refractivity contribution in [3.63, 3.8) is 0 Å². The van der Waals surface area contributed by atoms with Crippen molar-refractivity contribution in [1.82, 2.24) is 20.2 Å². The monoisotopic (exact) mass is 377 g/mol. The predicted molar refractivity (Wildman–Crippen MR) is 108 cm³/mol. The van der Waals surface area contributed by atoms with Crippen LogP contribution in [0.3, 0.4) is 0 Å². The van der Waals surface area contributed by atoms with Crippen molar-refractivity contribution in [3.05, 3.63) is 60.2 Å². The second-order valence-corrected chi connectivity index (χ2v) is 7.62. The largest absolute Gasteiger partial charge is 0.326 e. The summed E-state index contributed by atoms with van der Waals surface area (Å²) in [6.07, 6.45) is 0.158. The summed E-state index contributed by atoms with van der Waals surface area (Å²) in [6.45, 7) is 4.03. The molecular formula is C20H19N5OS. The molecule has 4 rings (SSSR count). The molecule has 0 saturated heterocycles. The number of carbonyl (C=O) groups excluding carboxylic acids is 1. The van der Waals surface area contributed by atoms with E-state index in [9.17, 15) is 4.79 Å². The molecule has 27 heavy (non-hydrogen) atoms. The number of H-pyrrole nitrogens is 1. The summed E-state index contributed by atoms with van der Waals surface area (Å²) in [5.41, 5.74) is 2.70. The molecule has 0 radical (unpaired) electrons. The zero-order chi connectivity index (χ0) is 18.8. The standard InChI is InChI=1S/C20H19N5OS/c1-12(2)19-23-17(24-25-19)11-18(26)21-14-7-5-6-13(10-14)20-22-15-8-3-4-9-16(15)27-20/h3-10,12H,11H2,1-2H3,(H,21,26)(H,23,24,25). The molecule has 4 aromatic rings. The first kappa shape index (κ1) is 17.4. The number of aromatic nitrogens is 4. The third-order valence-electron chi connectivity index (χ3n) is 4.08. The number of rotatable bonds is 5. The minimum atomic E-state index is -0.136. The molecule has 6 nitrogen and oxygen atoms in total. The Hall–Kier alpha value is -3.06. The molecule has 0 aliphatic carbocycles. The lowest BCUT2D eigenvalue weighted by molar-refractivity contribution is -0.115. The van der Waals surface area contributed by atoms with Crippen molar-refractivity contribution in [2.75, 3.05) is 5.32 Å². The van der Waals surface area contributed by atoms with Crippen LogP contribution in [0.15, 0.2) is 48.5 Å². The number of hydrogen-bond donors (Lipinski definition) is 2. The van der Waals surface area contributed by atoms with Gasteiger partial charge in [-0.3, -0.25) is 9.89 Å². The van der Waals surface area contributed by atoms with Gasteiger partial charge in [-0.1, -0.05) is 38.1 Å². The van der Waals surface area contributed by atoms with E-state index in [0.29, 0.717) is 5.82 Å². The Morgan fingerprint density at radius 3 is 2.78 bits per heavy atom. The molecular weight excluding hydrogens is 358 g/mol. The van der Waals surface area contributed by atoms with Crippen molar-refractivity contribution >= 4 is 33.1 Å². The summed E-state index contributed by atoms with van der Waals surface area (Å²) >= 11 is 1.64. The fourth-order valence-corrected chi connectivity index (χ4v) is 3.69. The van der Waals surface area contributed by atoms with Crippen LogP contribution in [-0.4, -0.2) is 26.1 Å². The molecule has 136 valence electrons. The van der Waals surface area contributed by atoms with Gasteiger partial charge in [0, 0.05) is 17.2 Å². The molecule has 0 aliphatic rings. The average Bonchev–Trinajstić information content (AvgIpc) is 3.28. The number of amides is 1. The lowest BCUT2D eigenvalue weighted by Crippen LogP contribution is -2.15. The summed E-state index contributed by atoms with van der Waals surface area (Å²) < 4.78 is 1.15. The van der Waals surface area contributed by atoms with Gasteiger partial charge >= 0.3 is 0 Å². The summed E-state index contributed by atoms with van der Waals surface area (Å²) in [5, 5.41) is 10.8. The van der Waals surface area contributed by atoms with Crippen molar-refractivity contribution in [2.24, 2.45) is 0 Å². The van der Waals surface area contributed by atoms with Crippen LogP contribution >= 0.6 is 11.3 Å². The van der Waals surface area contributed by atoms with Crippen LogP contribution in [0.4, 0.5) is 5.69 Å². The highest BCUT2D eigenvalue weighted by molar-refractivity contribution is 7.21. The lowest BCUT2D eigenvalue weighted by atomic mass is 10.2. The second kappa shape index (κ2) is 7.28. The van der Waals surface area contributed by atoms with Crippen LogP contribution in [0.2, 0.25) is 0 Å². The third kappa shape index (κ3) is 3.88. The maximum atomic E-state index is 12.3. The number of aromatic amines is 1. The van der Waals surface area contributed by atoms with Gasteiger partial charge in [0.05, 0.1) is 16.6 Å². The van der Waals surface area contributed by atoms with E-state index in [1.54, 1.807) is 11.3 Å². The van der Waals surface area contributed by atoms with Gasteiger partial charge in [-0.05, 0) is 24.3 Å². The van der Waals surface area contributed by atoms with Crippen molar-refractivity contribution in [3.8, 4) is 10.6 Å². The van der Waals surface area contributed by atoms with Crippen molar-refractivity contribution < 1.29 is 4.79 Å². The first-order chi connectivity index (χ1) is 13.1. The number of hydrogen-bond acceptors (Lipinski definition) is 5. The second-order valence-electron chi connectivity index (χ2n) is 6.59. The molecule has 0 spiro atoms. The maximum absolute atomic E-state index is 12.3. The molecule has 0 saturated carbocycles. The summed E-state index contributed by atoms with van der Waals surface area (Å²) in [7, 11) is 0. The predicted octanol–water partition coefficient (Wildman–Crippen LogP) is 4.39. The number of nitrogens with zero attached hydrogens (tertiary/aromatic N) is 3. The molecule has 1 amide bonds. The molecule has 2 heterocycles. The van der Waals surface area contributed by atoms with Crippen LogP contribution in [0.25, 0.3) is 20.8 Å². The lowest BCUT2D eigenvalue weighted by Gasteiger charge is -2.05. The number of carbonyl (C=O) groups is 1. The molecule has 0 atom stereocenters. The van der Waals surface area contributed by atoms with E-state index in [2.05, 4.69) is 31.5 Å². The molecule has 0 bridgehead atoms. The van der Waals surface area contributed by atoms with Gasteiger partial charge in [-0.15, -0.1) is 11.3 Å². The highest BCUT2D eigenvalue weighted by Crippen LogP contribution is 2.31. The molecule has 2 aromatic heterocycles. The molecule has 2 N–H and O–H groups in total. The third-order valence-corrected chi connectivity index (χ3v) is 5.17. The van der Waals surface area contributed by atoms with Gasteiger partial charge in [-0.25, -0.2) is 9.97 Å². The molecule has 2 aromatic carbocycles. The smallest absolute Gasteiger partial charge is 0.232 e. The van der Waals surface area contributed by atoms with Gasteiger partial charge < -0.3 is 5.32 Å². The molecule has 7 heteroatoms. The molecule has 0 unspecified atom stereocenters. The molecule has 0 aliphatic heterocycles. The van der Waals surface area contributed by atoms with E-state index in [1.807, 2.05) is 56.3 Å². The van der Waals surface area contributed by atoms with E-state index >= 15 is 0 Å². The normalized spacial score (nSPS) is 11.2. The SMILES string of the molecule is CC(C)c1n[nH]c(CC(=O)Nc2cccc(-c3nc4ccccc4s3)c2)n1. The first-order valence-electron chi connectivity index (χ1n) is 8.75. The van der Waals surface area contributed by atoms with E-state index in [-0.39, 0.29) is 18.2 Å². The zero-order valence-electron chi connectivity index (χ0n) is 15.1. The van der Waals surface area contributed by atoms with E-state index in [4.69, 9.17) is 0 Å². The summed E-state index contributed by atoms with van der Waals surface area (Å²) in [6, 6.07) is 15.8. The van der Waals surface area contributed by atoms with Gasteiger partial charge in [-0.2, -0.15) is 5.10 Å². The highest BCUT2D eigenvalue weighted by atomic mass is 32.1. The number of para-hydroxylation sites is 1. The Bertz CT molecular complexity index is 1070. The summed E-state index contributed by atoms with van der Waals surface area (Å²) in [5.74, 6) is 1.38. The van der Waals surface area contributed by atoms with Crippen LogP contribution in [-0.2, 0) is 11.2 Å². The van der Waals surface area contributed by atoms with Crippen molar-refractivity contribution in [2.45, 2.75) is 26.2 Å². The Morgan fingerprint density at radius 1 is 1.15 bits per heavy atom. The minimum absolute atomic E-state index is 0.136. The number of fused-ring (bicyclic) bond motifs is 1. The van der Waals surface area contributed by atoms with Gasteiger partial charge in [0.2, 0.25) is 5.91 Å². The topological polar surface area (TPSA) is 83.6 Å². The number of nitrogens with one attached hydrogen (secondary N) is 2. The summed E-state index contributed by atoms with van der Waals surface area (Å²) in [4.78, 5) is 21.4. The van der Waals surface area contributed by atoms with E-state index < -0.39 is 0 Å². The fourth-order valence-electron chi connectivity index (χ4n) is 2.73. The van der Waals surface area contributed by atoms with E-state index in [1.165, 1.54) is 0 Å². The Kier molecular flexibility index (Phi) is 4.68. The van der Waals surface area contributed by atoms with Gasteiger partial charge in [0.15, 0.2) is 5.82 Å². The van der Waals surface area contributed by atoms with E-state index in [0.717, 1.165) is 32.3 Å². The quantitative estimate of drug-likeness (QED) is 0.540. The van der Waals surface area contributed by atoms with Crippen LogP contribution < -0.4 is 5.32 Å². The highest BCUT2D eigenvalue weighted by Gasteiger charge is 2.12. The van der Waals surface area contributed by atoms with Crippen LogP contribution in [0, 0.1) is 0 Å². The van der Waals surface area contributed by atoms with Crippen molar-refractivity contribution in [1.29, 1.82) is 0 Å². The number of benzene rings is 2. The zero-order valence-corrected chi connectivity index (χ0v) is 15.9. The molecule has 0 fully saturated rings. The van der Waals surface area contributed by atoms with Gasteiger partial charge in [0.25, 0.3) is 0 Å². The number of anilines is 1. The van der Waals surface area contributed by atoms with Crippen LogP contribution in [0.5, 0.6) is 0 Å². The average molecular weight is 377 g/mol. The maximum Gasteiger partial charge on any atom is 0.232 e. The number of thiazole rings is 1. The Labute approximate surface area is 160 Å². The Balaban J connectivity index is 1.49. The Morgan fingerprint density at radius 2 is 2.00 bits per heavy atom.